The number of nitrogens with zero attached hydrogens (tertiary/aromatic N) is 1. The minimum Gasteiger partial charge on any atom is -0.427 e. The van der Waals surface area contributed by atoms with E-state index in [9.17, 15) is 4.79 Å². The summed E-state index contributed by atoms with van der Waals surface area (Å²) >= 11 is 0. The van der Waals surface area contributed by atoms with Gasteiger partial charge in [0.25, 0.3) is 0 Å². The molecule has 3 aromatic rings. The Morgan fingerprint density at radius 2 is 1.48 bits per heavy atom. The van der Waals surface area contributed by atoms with E-state index in [1.54, 1.807) is 12.1 Å². The quantitative estimate of drug-likeness (QED) is 0.495. The molecule has 3 aromatic carbocycles. The van der Waals surface area contributed by atoms with Gasteiger partial charge in [0, 0.05) is 6.92 Å². The molecule has 0 aliphatic carbocycles. The average Bonchev–Trinajstić information content (AvgIpc) is 2.62. The Morgan fingerprint density at radius 3 is 2.04 bits per heavy atom. The maximum atomic E-state index is 11.0. The number of aryl methyl sites for hydroxylation is 1. The third kappa shape index (κ3) is 3.76. The molecule has 3 nitrogen and oxygen atoms in total. The molecular weight excluding hydrogens is 310 g/mol. The van der Waals surface area contributed by atoms with Gasteiger partial charge in [0.15, 0.2) is 0 Å². The summed E-state index contributed by atoms with van der Waals surface area (Å²) in [6, 6.07) is 23.5. The average molecular weight is 327 g/mol. The van der Waals surface area contributed by atoms with Gasteiger partial charge in [-0.15, -0.1) is 0 Å². The normalized spacial score (nSPS) is 10.1. The summed E-state index contributed by atoms with van der Waals surface area (Å²) in [5, 5.41) is 8.91. The van der Waals surface area contributed by atoms with Crippen LogP contribution >= 0.6 is 0 Å². The van der Waals surface area contributed by atoms with Crippen LogP contribution < -0.4 is 4.74 Å². The van der Waals surface area contributed by atoms with E-state index in [0.29, 0.717) is 11.3 Å². The second-order valence-electron chi connectivity index (χ2n) is 5.84. The Hall–Kier alpha value is -3.38. The summed E-state index contributed by atoms with van der Waals surface area (Å²) in [5.41, 5.74) is 6.21. The number of benzene rings is 3. The molecule has 0 atom stereocenters. The van der Waals surface area contributed by atoms with Gasteiger partial charge in [-0.25, -0.2) is 0 Å². The van der Waals surface area contributed by atoms with Crippen LogP contribution in [0.15, 0.2) is 66.7 Å². The molecule has 25 heavy (non-hydrogen) atoms. The SMILES string of the molecule is CC(=O)Oc1ccc(-c2ccc(-c3ccc(C#N)cc3)c(C)c2)cc1. The highest BCUT2D eigenvalue weighted by molar-refractivity contribution is 5.74. The highest BCUT2D eigenvalue weighted by Gasteiger charge is 2.06. The number of carbonyl (C=O) groups is 1. The van der Waals surface area contributed by atoms with Gasteiger partial charge < -0.3 is 4.74 Å². The number of hydrogen-bond donors (Lipinski definition) is 0. The van der Waals surface area contributed by atoms with Crippen molar-refractivity contribution >= 4 is 5.97 Å². The predicted octanol–water partition coefficient (Wildman–Crippen LogP) is 5.13. The zero-order valence-corrected chi connectivity index (χ0v) is 14.1. The standard InChI is InChI=1S/C22H17NO2/c1-15-13-20(18-7-10-21(11-8-18)25-16(2)24)9-12-22(15)19-5-3-17(14-23)4-6-19/h3-13H,1-2H3. The molecule has 0 amide bonds. The number of carbonyl (C=O) groups excluding carboxylic acids is 1. The molecule has 0 saturated heterocycles. The number of rotatable bonds is 3. The van der Waals surface area contributed by atoms with Crippen molar-refractivity contribution in [3.63, 3.8) is 0 Å². The van der Waals surface area contributed by atoms with Crippen LogP contribution in [0, 0.1) is 18.3 Å². The zero-order valence-electron chi connectivity index (χ0n) is 14.1. The largest absolute Gasteiger partial charge is 0.427 e. The molecule has 0 bridgehead atoms. The molecule has 0 aliphatic heterocycles. The molecule has 0 fully saturated rings. The van der Waals surface area contributed by atoms with Crippen LogP contribution in [-0.4, -0.2) is 5.97 Å². The van der Waals surface area contributed by atoms with Crippen molar-refractivity contribution in [1.29, 1.82) is 5.26 Å². The Bertz CT molecular complexity index is 949. The van der Waals surface area contributed by atoms with E-state index in [1.165, 1.54) is 6.92 Å². The van der Waals surface area contributed by atoms with Crippen molar-refractivity contribution < 1.29 is 9.53 Å². The second kappa shape index (κ2) is 7.02. The lowest BCUT2D eigenvalue weighted by Gasteiger charge is -2.10. The Labute approximate surface area is 147 Å². The number of hydrogen-bond acceptors (Lipinski definition) is 3. The Balaban J connectivity index is 1.88. The Kier molecular flexibility index (Phi) is 4.63. The van der Waals surface area contributed by atoms with E-state index in [2.05, 4.69) is 31.2 Å². The summed E-state index contributed by atoms with van der Waals surface area (Å²) in [4.78, 5) is 11.0. The topological polar surface area (TPSA) is 50.1 Å². The molecule has 0 spiro atoms. The van der Waals surface area contributed by atoms with Gasteiger partial charge in [-0.3, -0.25) is 4.79 Å². The summed E-state index contributed by atoms with van der Waals surface area (Å²) in [7, 11) is 0. The maximum absolute atomic E-state index is 11.0. The lowest BCUT2D eigenvalue weighted by Crippen LogP contribution is -2.00. The van der Waals surface area contributed by atoms with Crippen LogP contribution in [0.1, 0.15) is 18.1 Å². The van der Waals surface area contributed by atoms with E-state index in [-0.39, 0.29) is 5.97 Å². The molecule has 122 valence electrons. The molecular formula is C22H17NO2. The molecule has 3 heteroatoms. The number of esters is 1. The molecule has 0 unspecified atom stereocenters. The van der Waals surface area contributed by atoms with E-state index in [1.807, 2.05) is 36.4 Å². The molecule has 0 aromatic heterocycles. The van der Waals surface area contributed by atoms with Crippen molar-refractivity contribution in [2.45, 2.75) is 13.8 Å². The van der Waals surface area contributed by atoms with Gasteiger partial charge in [-0.1, -0.05) is 42.5 Å². The van der Waals surface area contributed by atoms with Crippen LogP contribution in [0.5, 0.6) is 5.75 Å². The Morgan fingerprint density at radius 1 is 0.880 bits per heavy atom. The predicted molar refractivity (Wildman–Crippen MR) is 98.1 cm³/mol. The summed E-state index contributed by atoms with van der Waals surface area (Å²) in [6.07, 6.45) is 0. The zero-order chi connectivity index (χ0) is 17.8. The fraction of sp³-hybridized carbons (Fsp3) is 0.0909. The van der Waals surface area contributed by atoms with Crippen LogP contribution in [0.2, 0.25) is 0 Å². The van der Waals surface area contributed by atoms with Crippen molar-refractivity contribution in [3.8, 4) is 34.1 Å². The van der Waals surface area contributed by atoms with E-state index >= 15 is 0 Å². The molecule has 3 rings (SSSR count). The third-order valence-electron chi connectivity index (χ3n) is 4.00. The summed E-state index contributed by atoms with van der Waals surface area (Å²) in [6.45, 7) is 3.46. The minimum absolute atomic E-state index is 0.324. The fourth-order valence-electron chi connectivity index (χ4n) is 2.77. The summed E-state index contributed by atoms with van der Waals surface area (Å²) in [5.74, 6) is 0.220. The van der Waals surface area contributed by atoms with Gasteiger partial charge in [0.2, 0.25) is 0 Å². The minimum atomic E-state index is -0.324. The van der Waals surface area contributed by atoms with Gasteiger partial charge in [-0.2, -0.15) is 5.26 Å². The highest BCUT2D eigenvalue weighted by Crippen LogP contribution is 2.29. The van der Waals surface area contributed by atoms with Gasteiger partial charge in [-0.05, 0) is 59.0 Å². The van der Waals surface area contributed by atoms with Crippen molar-refractivity contribution in [3.05, 3.63) is 77.9 Å². The van der Waals surface area contributed by atoms with E-state index < -0.39 is 0 Å². The monoisotopic (exact) mass is 327 g/mol. The fourth-order valence-corrected chi connectivity index (χ4v) is 2.77. The lowest BCUT2D eigenvalue weighted by atomic mass is 9.95. The van der Waals surface area contributed by atoms with Crippen molar-refractivity contribution in [2.24, 2.45) is 0 Å². The van der Waals surface area contributed by atoms with Crippen LogP contribution in [-0.2, 0) is 4.79 Å². The molecule has 0 aliphatic rings. The van der Waals surface area contributed by atoms with E-state index in [4.69, 9.17) is 10.00 Å². The lowest BCUT2D eigenvalue weighted by molar-refractivity contribution is -0.131. The maximum Gasteiger partial charge on any atom is 0.308 e. The first kappa shape index (κ1) is 16.5. The first-order valence-corrected chi connectivity index (χ1v) is 7.97. The molecule has 0 N–H and O–H groups in total. The van der Waals surface area contributed by atoms with Gasteiger partial charge >= 0.3 is 5.97 Å². The first-order valence-electron chi connectivity index (χ1n) is 7.97. The summed E-state index contributed by atoms with van der Waals surface area (Å²) < 4.78 is 5.06. The van der Waals surface area contributed by atoms with Crippen LogP contribution in [0.3, 0.4) is 0 Å². The smallest absolute Gasteiger partial charge is 0.308 e. The first-order chi connectivity index (χ1) is 12.1. The van der Waals surface area contributed by atoms with Crippen LogP contribution in [0.4, 0.5) is 0 Å². The van der Waals surface area contributed by atoms with Crippen molar-refractivity contribution in [1.82, 2.24) is 0 Å². The van der Waals surface area contributed by atoms with Gasteiger partial charge in [0.1, 0.15) is 5.75 Å². The molecule has 0 saturated carbocycles. The highest BCUT2D eigenvalue weighted by atomic mass is 16.5. The number of ether oxygens (including phenoxy) is 1. The second-order valence-corrected chi connectivity index (χ2v) is 5.84. The molecule has 0 heterocycles. The van der Waals surface area contributed by atoms with E-state index in [0.717, 1.165) is 27.8 Å². The third-order valence-corrected chi connectivity index (χ3v) is 4.00. The van der Waals surface area contributed by atoms with Crippen LogP contribution in [0.25, 0.3) is 22.3 Å². The number of nitriles is 1. The van der Waals surface area contributed by atoms with Crippen molar-refractivity contribution in [2.75, 3.05) is 0 Å². The molecule has 0 radical (unpaired) electrons. The van der Waals surface area contributed by atoms with Gasteiger partial charge in [0.05, 0.1) is 11.6 Å².